The lowest BCUT2D eigenvalue weighted by atomic mass is 10.1. The van der Waals surface area contributed by atoms with E-state index in [2.05, 4.69) is 48.0 Å². The van der Waals surface area contributed by atoms with Gasteiger partial charge in [0.1, 0.15) is 0 Å². The van der Waals surface area contributed by atoms with Gasteiger partial charge in [0.15, 0.2) is 11.6 Å². The number of benzene rings is 1. The first-order chi connectivity index (χ1) is 15.6. The van der Waals surface area contributed by atoms with Crippen LogP contribution in [0.3, 0.4) is 0 Å². The molecule has 0 atom stereocenters. The van der Waals surface area contributed by atoms with Crippen LogP contribution < -0.4 is 16.6 Å². The number of fused-ring (bicyclic) bond motifs is 1. The fraction of sp³-hybridized carbons (Fsp3) is 0.136. The molecule has 5 aromatic rings. The van der Waals surface area contributed by atoms with Crippen LogP contribution in [-0.2, 0) is 20.6 Å². The second-order valence-electron chi connectivity index (χ2n) is 7.51. The van der Waals surface area contributed by atoms with Crippen molar-refractivity contribution in [3.8, 4) is 22.4 Å². The summed E-state index contributed by atoms with van der Waals surface area (Å²) in [7, 11) is 3.76. The molecule has 32 heavy (non-hydrogen) atoms. The maximum atomic E-state index is 5.64. The number of hydrogen-bond donors (Lipinski definition) is 3. The molecule has 1 aromatic carbocycles. The average molecular weight is 426 g/mol. The fourth-order valence-electron chi connectivity index (χ4n) is 3.52. The molecule has 0 radical (unpaired) electrons. The molecule has 0 aliphatic rings. The zero-order valence-electron chi connectivity index (χ0n) is 17.7. The Morgan fingerprint density at radius 1 is 0.844 bits per heavy atom. The van der Waals surface area contributed by atoms with E-state index in [1.807, 2.05) is 51.0 Å². The molecule has 0 fully saturated rings. The molecule has 10 heteroatoms. The van der Waals surface area contributed by atoms with E-state index in [1.165, 1.54) is 0 Å². The first-order valence-corrected chi connectivity index (χ1v) is 10.0. The second kappa shape index (κ2) is 8.08. The Morgan fingerprint density at radius 2 is 1.62 bits per heavy atom. The van der Waals surface area contributed by atoms with Gasteiger partial charge in [-0.15, -0.1) is 0 Å². The van der Waals surface area contributed by atoms with Crippen LogP contribution in [0.25, 0.3) is 33.3 Å². The van der Waals surface area contributed by atoms with Crippen molar-refractivity contribution in [3.63, 3.8) is 0 Å². The zero-order chi connectivity index (χ0) is 22.1. The Morgan fingerprint density at radius 3 is 2.34 bits per heavy atom. The maximum absolute atomic E-state index is 5.64. The number of hydrazine groups is 1. The average Bonchev–Trinajstić information content (AvgIpc) is 3.45. The zero-order valence-corrected chi connectivity index (χ0v) is 17.7. The Labute approximate surface area is 184 Å². The molecule has 4 heterocycles. The van der Waals surface area contributed by atoms with Crippen LogP contribution in [0.1, 0.15) is 5.56 Å². The van der Waals surface area contributed by atoms with Gasteiger partial charge in [-0.25, -0.2) is 15.8 Å². The highest BCUT2D eigenvalue weighted by atomic mass is 15.3. The van der Waals surface area contributed by atoms with Gasteiger partial charge in [0, 0.05) is 61.3 Å². The quantitative estimate of drug-likeness (QED) is 0.280. The van der Waals surface area contributed by atoms with Gasteiger partial charge < -0.3 is 10.7 Å². The third-order valence-electron chi connectivity index (χ3n) is 5.15. The molecule has 0 saturated carbocycles. The molecule has 0 spiro atoms. The molecule has 4 N–H and O–H groups in total. The number of aromatic nitrogens is 7. The van der Waals surface area contributed by atoms with Crippen LogP contribution >= 0.6 is 0 Å². The van der Waals surface area contributed by atoms with Gasteiger partial charge in [-0.3, -0.25) is 14.3 Å². The SMILES string of the molecule is Cn1cc(-c2cnc3ccc(CNc4nc(-c5cnn(C)c5)cnc4NN)cc3c2)cn1. The summed E-state index contributed by atoms with van der Waals surface area (Å²) in [5.74, 6) is 6.67. The van der Waals surface area contributed by atoms with Crippen LogP contribution in [0.15, 0.2) is 61.4 Å². The minimum absolute atomic E-state index is 0.471. The highest BCUT2D eigenvalue weighted by Crippen LogP contribution is 2.25. The van der Waals surface area contributed by atoms with Crippen molar-refractivity contribution < 1.29 is 0 Å². The highest BCUT2D eigenvalue weighted by Gasteiger charge is 2.10. The number of pyridine rings is 1. The number of nitrogens with two attached hydrogens (primary N) is 1. The summed E-state index contributed by atoms with van der Waals surface area (Å²) in [6.07, 6.45) is 11.0. The normalized spacial score (nSPS) is 11.1. The van der Waals surface area contributed by atoms with E-state index in [0.717, 1.165) is 33.2 Å². The van der Waals surface area contributed by atoms with Crippen LogP contribution in [0.2, 0.25) is 0 Å². The van der Waals surface area contributed by atoms with Crippen molar-refractivity contribution in [2.24, 2.45) is 19.9 Å². The van der Waals surface area contributed by atoms with Crippen molar-refractivity contribution in [2.45, 2.75) is 6.54 Å². The van der Waals surface area contributed by atoms with E-state index < -0.39 is 0 Å². The molecule has 0 saturated heterocycles. The number of nitrogen functional groups attached to an aromatic ring is 1. The standard InChI is InChI=1S/C22H22N10/c1-31-12-17(9-27-31)16-6-15-5-14(3-4-19(15)24-8-16)7-25-21-22(30-23)26-11-20(29-21)18-10-28-32(2)13-18/h3-6,8-13H,7,23H2,1-2H3,(H,25,29)(H,26,30). The lowest BCUT2D eigenvalue weighted by molar-refractivity contribution is 0.768. The highest BCUT2D eigenvalue weighted by molar-refractivity contribution is 5.84. The fourth-order valence-corrected chi connectivity index (χ4v) is 3.52. The predicted molar refractivity (Wildman–Crippen MR) is 123 cm³/mol. The number of nitrogens with zero attached hydrogens (tertiary/aromatic N) is 7. The Balaban J connectivity index is 1.40. The molecule has 0 aliphatic heterocycles. The van der Waals surface area contributed by atoms with Gasteiger partial charge in [0.05, 0.1) is 29.8 Å². The summed E-state index contributed by atoms with van der Waals surface area (Å²) in [5, 5.41) is 12.8. The molecular weight excluding hydrogens is 404 g/mol. The third-order valence-corrected chi connectivity index (χ3v) is 5.15. The number of aryl methyl sites for hydroxylation is 2. The maximum Gasteiger partial charge on any atom is 0.183 e. The number of rotatable bonds is 6. The van der Waals surface area contributed by atoms with Gasteiger partial charge in [0.25, 0.3) is 0 Å². The summed E-state index contributed by atoms with van der Waals surface area (Å²) in [6, 6.07) is 8.29. The molecule has 5 rings (SSSR count). The van der Waals surface area contributed by atoms with Crippen molar-refractivity contribution in [1.29, 1.82) is 0 Å². The molecule has 10 nitrogen and oxygen atoms in total. The topological polar surface area (TPSA) is 124 Å². The van der Waals surface area contributed by atoms with E-state index in [-0.39, 0.29) is 0 Å². The summed E-state index contributed by atoms with van der Waals surface area (Å²) in [4.78, 5) is 13.6. The number of nitrogens with one attached hydrogen (secondary N) is 2. The minimum atomic E-state index is 0.471. The predicted octanol–water partition coefficient (Wildman–Crippen LogP) is 2.72. The smallest absolute Gasteiger partial charge is 0.183 e. The molecule has 0 bridgehead atoms. The van der Waals surface area contributed by atoms with Crippen LogP contribution in [0, 0.1) is 0 Å². The van der Waals surface area contributed by atoms with Crippen LogP contribution in [-0.4, -0.2) is 34.5 Å². The number of anilines is 2. The lowest BCUT2D eigenvalue weighted by Crippen LogP contribution is -2.13. The molecule has 4 aromatic heterocycles. The Hall–Kier alpha value is -4.31. The van der Waals surface area contributed by atoms with Gasteiger partial charge in [0.2, 0.25) is 0 Å². The molecule has 0 unspecified atom stereocenters. The van der Waals surface area contributed by atoms with E-state index in [0.29, 0.717) is 23.9 Å². The van der Waals surface area contributed by atoms with Crippen LogP contribution in [0.5, 0.6) is 0 Å². The van der Waals surface area contributed by atoms with Gasteiger partial charge in [-0.05, 0) is 23.8 Å². The van der Waals surface area contributed by atoms with Crippen molar-refractivity contribution in [2.75, 3.05) is 10.7 Å². The molecular formula is C22H22N10. The van der Waals surface area contributed by atoms with E-state index in [9.17, 15) is 0 Å². The third kappa shape index (κ3) is 3.86. The summed E-state index contributed by atoms with van der Waals surface area (Å²) in [6.45, 7) is 0.549. The summed E-state index contributed by atoms with van der Waals surface area (Å²) >= 11 is 0. The first kappa shape index (κ1) is 19.6. The van der Waals surface area contributed by atoms with Crippen molar-refractivity contribution in [3.05, 3.63) is 67.0 Å². The van der Waals surface area contributed by atoms with E-state index in [1.54, 1.807) is 21.8 Å². The van der Waals surface area contributed by atoms with Gasteiger partial charge >= 0.3 is 0 Å². The van der Waals surface area contributed by atoms with Crippen molar-refractivity contribution >= 4 is 22.5 Å². The Kier molecular flexibility index (Phi) is 4.96. The first-order valence-electron chi connectivity index (χ1n) is 10.0. The van der Waals surface area contributed by atoms with E-state index >= 15 is 0 Å². The number of hydrogen-bond acceptors (Lipinski definition) is 8. The minimum Gasteiger partial charge on any atom is -0.363 e. The van der Waals surface area contributed by atoms with Gasteiger partial charge in [-0.2, -0.15) is 10.2 Å². The second-order valence-corrected chi connectivity index (χ2v) is 7.51. The van der Waals surface area contributed by atoms with Gasteiger partial charge in [-0.1, -0.05) is 6.07 Å². The lowest BCUT2D eigenvalue weighted by Gasteiger charge is -2.11. The molecule has 0 aliphatic carbocycles. The molecule has 0 amide bonds. The molecule has 160 valence electrons. The Bertz CT molecular complexity index is 1400. The van der Waals surface area contributed by atoms with Crippen molar-refractivity contribution in [1.82, 2.24) is 34.5 Å². The monoisotopic (exact) mass is 426 g/mol. The largest absolute Gasteiger partial charge is 0.363 e. The van der Waals surface area contributed by atoms with Crippen LogP contribution in [0.4, 0.5) is 11.6 Å². The summed E-state index contributed by atoms with van der Waals surface area (Å²) < 4.78 is 3.51. The van der Waals surface area contributed by atoms with E-state index in [4.69, 9.17) is 5.84 Å². The summed E-state index contributed by atoms with van der Waals surface area (Å²) in [5.41, 5.74) is 8.27.